The Morgan fingerprint density at radius 3 is 2.94 bits per heavy atom. The number of nitrogens with one attached hydrogen (secondary N) is 2. The third-order valence-corrected chi connectivity index (χ3v) is 3.30. The summed E-state index contributed by atoms with van der Waals surface area (Å²) < 4.78 is 1.04. The van der Waals surface area contributed by atoms with Crippen LogP contribution in [0.5, 0.6) is 0 Å². The Morgan fingerprint density at radius 2 is 2.35 bits per heavy atom. The van der Waals surface area contributed by atoms with E-state index in [1.807, 2.05) is 0 Å². The number of β-amino-alcohol motifs (C(OH)–C–C–N with tert-alkyl or cyclic N) is 1. The van der Waals surface area contributed by atoms with E-state index in [9.17, 15) is 9.90 Å². The molecule has 0 saturated carbocycles. The average Bonchev–Trinajstić information content (AvgIpc) is 2.69. The monoisotopic (exact) mass is 364 g/mol. The molecule has 1 aliphatic heterocycles. The molecule has 6 nitrogen and oxygen atoms in total. The van der Waals surface area contributed by atoms with E-state index in [4.69, 9.17) is 0 Å². The Hall–Kier alpha value is -0.570. The van der Waals surface area contributed by atoms with Gasteiger partial charge in [0.2, 0.25) is 5.91 Å². The normalized spacial score (nSPS) is 23.7. The van der Waals surface area contributed by atoms with Crippen LogP contribution in [0, 0.1) is 0 Å². The van der Waals surface area contributed by atoms with Gasteiger partial charge in [-0.2, -0.15) is 0 Å². The molecule has 1 aromatic heterocycles. The van der Waals surface area contributed by atoms with Gasteiger partial charge in [0.25, 0.3) is 0 Å². The van der Waals surface area contributed by atoms with Gasteiger partial charge in [-0.1, -0.05) is 0 Å². The quantitative estimate of drug-likeness (QED) is 0.716. The zero-order valence-corrected chi connectivity index (χ0v) is 11.8. The Labute approximate surface area is 114 Å². The average molecular weight is 366 g/mol. The fourth-order valence-corrected chi connectivity index (χ4v) is 2.46. The molecule has 0 aromatic carbocycles. The molecule has 17 heavy (non-hydrogen) atoms. The van der Waals surface area contributed by atoms with Crippen LogP contribution in [0.3, 0.4) is 0 Å². The van der Waals surface area contributed by atoms with Crippen LogP contribution in [-0.4, -0.2) is 39.7 Å². The van der Waals surface area contributed by atoms with E-state index in [1.165, 1.54) is 6.20 Å². The Morgan fingerprint density at radius 1 is 1.59 bits per heavy atom. The number of nitrogens with zero attached hydrogens (tertiary/aromatic N) is 2. The van der Waals surface area contributed by atoms with E-state index >= 15 is 0 Å². The molecule has 0 aliphatic carbocycles. The summed E-state index contributed by atoms with van der Waals surface area (Å²) in [6.45, 7) is 0.436. The molecular formula is C9H10Br2N4O2. The summed E-state index contributed by atoms with van der Waals surface area (Å²) in [4.78, 5) is 19.9. The number of amides is 1. The minimum Gasteiger partial charge on any atom is -0.392 e. The highest BCUT2D eigenvalue weighted by atomic mass is 79.9. The summed E-state index contributed by atoms with van der Waals surface area (Å²) in [5.74, 6) is 0.139. The Kier molecular flexibility index (Phi) is 4.08. The van der Waals surface area contributed by atoms with Crippen LogP contribution in [0.2, 0.25) is 0 Å². The minimum atomic E-state index is -0.467. The van der Waals surface area contributed by atoms with Gasteiger partial charge in [0.1, 0.15) is 9.21 Å². The number of carbonyl (C=O) groups is 1. The molecule has 2 atom stereocenters. The van der Waals surface area contributed by atoms with Crippen LogP contribution in [0.15, 0.2) is 15.4 Å². The molecule has 1 aromatic rings. The molecule has 0 spiro atoms. The van der Waals surface area contributed by atoms with Crippen LogP contribution in [-0.2, 0) is 4.79 Å². The smallest absolute Gasteiger partial charge is 0.242 e. The molecule has 3 N–H and O–H groups in total. The first-order valence-electron chi connectivity index (χ1n) is 4.96. The van der Waals surface area contributed by atoms with Crippen LogP contribution < -0.4 is 10.6 Å². The minimum absolute atomic E-state index is 0.223. The van der Waals surface area contributed by atoms with Gasteiger partial charge in [-0.15, -0.1) is 0 Å². The first-order valence-corrected chi connectivity index (χ1v) is 6.55. The predicted molar refractivity (Wildman–Crippen MR) is 68.5 cm³/mol. The van der Waals surface area contributed by atoms with E-state index in [2.05, 4.69) is 52.5 Å². The Balaban J connectivity index is 2.03. The molecular weight excluding hydrogens is 356 g/mol. The van der Waals surface area contributed by atoms with Crippen LogP contribution >= 0.6 is 31.9 Å². The highest BCUT2D eigenvalue weighted by Crippen LogP contribution is 2.20. The highest BCUT2D eigenvalue weighted by Gasteiger charge is 2.28. The van der Waals surface area contributed by atoms with Gasteiger partial charge in [-0.3, -0.25) is 4.79 Å². The number of hydrogen-bond acceptors (Lipinski definition) is 5. The van der Waals surface area contributed by atoms with Crippen molar-refractivity contribution in [2.24, 2.45) is 0 Å². The summed E-state index contributed by atoms with van der Waals surface area (Å²) in [6, 6.07) is -0.387. The standard InChI is InChI=1S/C9H10Br2N4O2/c10-6-3-13-8(7(11)14-6)15-9(17)5-1-4(16)2-12-5/h3-5,12,16H,1-2H2,(H,13,15,17). The van der Waals surface area contributed by atoms with Crippen molar-refractivity contribution in [1.29, 1.82) is 0 Å². The summed E-state index contributed by atoms with van der Waals surface area (Å²) in [6.07, 6.45) is 1.44. The van der Waals surface area contributed by atoms with Gasteiger partial charge >= 0.3 is 0 Å². The number of anilines is 1. The fourth-order valence-electron chi connectivity index (χ4n) is 1.55. The third-order valence-electron chi connectivity index (χ3n) is 2.37. The summed E-state index contributed by atoms with van der Waals surface area (Å²) >= 11 is 6.38. The molecule has 2 rings (SSSR count). The van der Waals surface area contributed by atoms with E-state index in [-0.39, 0.29) is 11.9 Å². The van der Waals surface area contributed by atoms with Crippen LogP contribution in [0.25, 0.3) is 0 Å². The largest absolute Gasteiger partial charge is 0.392 e. The number of aromatic nitrogens is 2. The molecule has 92 valence electrons. The summed E-state index contributed by atoms with van der Waals surface area (Å²) in [5, 5.41) is 14.9. The zero-order valence-electron chi connectivity index (χ0n) is 8.65. The lowest BCUT2D eigenvalue weighted by molar-refractivity contribution is -0.118. The van der Waals surface area contributed by atoms with Gasteiger partial charge in [-0.25, -0.2) is 9.97 Å². The van der Waals surface area contributed by atoms with Gasteiger partial charge in [0, 0.05) is 6.54 Å². The molecule has 0 bridgehead atoms. The molecule has 0 radical (unpaired) electrons. The Bertz CT molecular complexity index is 443. The topological polar surface area (TPSA) is 87.1 Å². The van der Waals surface area contributed by atoms with Crippen molar-refractivity contribution in [1.82, 2.24) is 15.3 Å². The molecule has 8 heteroatoms. The molecule has 1 amide bonds. The molecule has 1 fully saturated rings. The number of aliphatic hydroxyl groups is 1. The fraction of sp³-hybridized carbons (Fsp3) is 0.444. The molecule has 1 aliphatic rings. The second kappa shape index (κ2) is 5.38. The SMILES string of the molecule is O=C(Nc1ncc(Br)nc1Br)C1CC(O)CN1. The lowest BCUT2D eigenvalue weighted by atomic mass is 10.2. The van der Waals surface area contributed by atoms with Crippen LogP contribution in [0.1, 0.15) is 6.42 Å². The summed E-state index contributed by atoms with van der Waals surface area (Å²) in [5.41, 5.74) is 0. The van der Waals surface area contributed by atoms with Crippen molar-refractivity contribution < 1.29 is 9.90 Å². The first-order chi connectivity index (χ1) is 8.06. The lowest BCUT2D eigenvalue weighted by Crippen LogP contribution is -2.35. The van der Waals surface area contributed by atoms with Crippen molar-refractivity contribution >= 4 is 43.6 Å². The number of carbonyl (C=O) groups excluding carboxylic acids is 1. The number of hydrogen-bond donors (Lipinski definition) is 3. The van der Waals surface area contributed by atoms with E-state index in [0.717, 1.165) is 0 Å². The second-order valence-electron chi connectivity index (χ2n) is 3.67. The highest BCUT2D eigenvalue weighted by molar-refractivity contribution is 9.11. The maximum atomic E-state index is 11.8. The van der Waals surface area contributed by atoms with Gasteiger partial charge in [0.05, 0.1) is 18.3 Å². The van der Waals surface area contributed by atoms with Crippen molar-refractivity contribution in [2.45, 2.75) is 18.6 Å². The zero-order chi connectivity index (χ0) is 12.4. The number of aliphatic hydroxyl groups excluding tert-OH is 1. The van der Waals surface area contributed by atoms with Crippen molar-refractivity contribution in [3.8, 4) is 0 Å². The van der Waals surface area contributed by atoms with E-state index < -0.39 is 6.10 Å². The molecule has 1 saturated heterocycles. The van der Waals surface area contributed by atoms with Gasteiger partial charge in [-0.05, 0) is 38.3 Å². The number of halogens is 2. The van der Waals surface area contributed by atoms with E-state index in [1.54, 1.807) is 0 Å². The lowest BCUT2D eigenvalue weighted by Gasteiger charge is -2.10. The predicted octanol–water partition coefficient (Wildman–Crippen LogP) is 0.663. The first kappa shape index (κ1) is 12.9. The van der Waals surface area contributed by atoms with Crippen LogP contribution in [0.4, 0.5) is 5.82 Å². The van der Waals surface area contributed by atoms with Crippen molar-refractivity contribution in [3.05, 3.63) is 15.4 Å². The third kappa shape index (κ3) is 3.21. The summed E-state index contributed by atoms with van der Waals surface area (Å²) in [7, 11) is 0. The van der Waals surface area contributed by atoms with Crippen molar-refractivity contribution in [3.63, 3.8) is 0 Å². The molecule has 2 heterocycles. The van der Waals surface area contributed by atoms with E-state index in [0.29, 0.717) is 28.0 Å². The number of rotatable bonds is 2. The van der Waals surface area contributed by atoms with Gasteiger partial charge < -0.3 is 15.7 Å². The maximum absolute atomic E-state index is 11.8. The van der Waals surface area contributed by atoms with Crippen molar-refractivity contribution in [2.75, 3.05) is 11.9 Å². The second-order valence-corrected chi connectivity index (χ2v) is 5.24. The molecule has 2 unspecified atom stereocenters. The van der Waals surface area contributed by atoms with Gasteiger partial charge in [0.15, 0.2) is 5.82 Å². The maximum Gasteiger partial charge on any atom is 0.242 e.